The maximum absolute atomic E-state index is 11.3. The van der Waals surface area contributed by atoms with Gasteiger partial charge < -0.3 is 4.74 Å². The Labute approximate surface area is 97.7 Å². The number of hydrogen-bond donors (Lipinski definition) is 0. The zero-order valence-corrected chi connectivity index (χ0v) is 10.4. The zero-order valence-electron chi connectivity index (χ0n) is 7.21. The van der Waals surface area contributed by atoms with Crippen molar-refractivity contribution in [3.8, 4) is 0 Å². The van der Waals surface area contributed by atoms with E-state index in [0.717, 1.165) is 0 Å². The van der Waals surface area contributed by atoms with Crippen LogP contribution in [0.2, 0.25) is 0 Å². The molecule has 1 aromatic rings. The number of hydrogen-bond acceptors (Lipinski definition) is 3. The average molecular weight is 322 g/mol. The second-order valence-electron chi connectivity index (χ2n) is 2.44. The predicted molar refractivity (Wildman–Crippen MR) is 58.6 cm³/mol. The Balaban J connectivity index is 3.39. The first-order valence-electron chi connectivity index (χ1n) is 3.63. The quantitative estimate of drug-likeness (QED) is 0.621. The number of esters is 1. The Morgan fingerprint density at radius 1 is 1.43 bits per heavy atom. The highest BCUT2D eigenvalue weighted by Crippen LogP contribution is 2.28. The molecular formula is C9H6Br2O3. The number of carbonyl (C=O) groups excluding carboxylic acids is 2. The van der Waals surface area contributed by atoms with Gasteiger partial charge >= 0.3 is 5.97 Å². The van der Waals surface area contributed by atoms with Gasteiger partial charge in [0.15, 0.2) is 6.29 Å². The number of ether oxygens (including phenoxy) is 1. The van der Waals surface area contributed by atoms with Crippen LogP contribution in [0.1, 0.15) is 20.7 Å². The fraction of sp³-hybridized carbons (Fsp3) is 0.111. The zero-order chi connectivity index (χ0) is 10.7. The van der Waals surface area contributed by atoms with E-state index in [0.29, 0.717) is 26.4 Å². The molecule has 0 heterocycles. The Bertz CT molecular complexity index is 388. The van der Waals surface area contributed by atoms with Crippen LogP contribution in [0, 0.1) is 0 Å². The summed E-state index contributed by atoms with van der Waals surface area (Å²) in [6, 6.07) is 3.23. The Kier molecular flexibility index (Phi) is 3.83. The summed E-state index contributed by atoms with van der Waals surface area (Å²) >= 11 is 6.38. The van der Waals surface area contributed by atoms with Crippen LogP contribution >= 0.6 is 31.9 Å². The molecule has 0 saturated carbocycles. The van der Waals surface area contributed by atoms with Gasteiger partial charge in [-0.25, -0.2) is 4.79 Å². The first-order chi connectivity index (χ1) is 6.61. The van der Waals surface area contributed by atoms with Crippen molar-refractivity contribution in [1.82, 2.24) is 0 Å². The molecule has 0 amide bonds. The number of benzene rings is 1. The molecule has 1 rings (SSSR count). The lowest BCUT2D eigenvalue weighted by molar-refractivity contribution is 0.0598. The number of halogens is 2. The second kappa shape index (κ2) is 4.70. The summed E-state index contributed by atoms with van der Waals surface area (Å²) in [6.07, 6.45) is 0.670. The number of methoxy groups -OCH3 is 1. The van der Waals surface area contributed by atoms with E-state index in [2.05, 4.69) is 36.6 Å². The molecule has 1 aromatic carbocycles. The molecule has 0 aliphatic heterocycles. The summed E-state index contributed by atoms with van der Waals surface area (Å²) in [5.74, 6) is -0.493. The highest BCUT2D eigenvalue weighted by atomic mass is 79.9. The molecule has 0 spiro atoms. The molecule has 0 atom stereocenters. The third-order valence-corrected chi connectivity index (χ3v) is 3.15. The van der Waals surface area contributed by atoms with Gasteiger partial charge in [-0.2, -0.15) is 0 Å². The molecule has 3 nitrogen and oxygen atoms in total. The fourth-order valence-corrected chi connectivity index (χ4v) is 2.31. The van der Waals surface area contributed by atoms with Crippen molar-refractivity contribution in [1.29, 1.82) is 0 Å². The minimum absolute atomic E-state index is 0.317. The average Bonchev–Trinajstić information content (AvgIpc) is 2.18. The van der Waals surface area contributed by atoms with Crippen molar-refractivity contribution < 1.29 is 14.3 Å². The van der Waals surface area contributed by atoms with Gasteiger partial charge in [-0.05, 0) is 44.0 Å². The van der Waals surface area contributed by atoms with Gasteiger partial charge in [0.1, 0.15) is 0 Å². The van der Waals surface area contributed by atoms with E-state index in [9.17, 15) is 9.59 Å². The predicted octanol–water partition coefficient (Wildman–Crippen LogP) is 2.81. The van der Waals surface area contributed by atoms with Crippen LogP contribution < -0.4 is 0 Å². The van der Waals surface area contributed by atoms with Crippen molar-refractivity contribution in [2.24, 2.45) is 0 Å². The van der Waals surface area contributed by atoms with E-state index < -0.39 is 5.97 Å². The van der Waals surface area contributed by atoms with Crippen LogP contribution in [0.4, 0.5) is 0 Å². The van der Waals surface area contributed by atoms with E-state index in [1.54, 1.807) is 12.1 Å². The summed E-state index contributed by atoms with van der Waals surface area (Å²) in [5, 5.41) is 0. The molecule has 74 valence electrons. The topological polar surface area (TPSA) is 43.4 Å². The minimum atomic E-state index is -0.493. The Hall–Kier alpha value is -0.680. The molecule has 0 saturated heterocycles. The normalized spacial score (nSPS) is 9.64. The van der Waals surface area contributed by atoms with Crippen LogP contribution in [-0.2, 0) is 4.74 Å². The third-order valence-electron chi connectivity index (χ3n) is 1.64. The van der Waals surface area contributed by atoms with E-state index in [1.807, 2.05) is 0 Å². The third kappa shape index (κ3) is 2.04. The van der Waals surface area contributed by atoms with Crippen LogP contribution in [0.15, 0.2) is 21.1 Å². The van der Waals surface area contributed by atoms with Crippen molar-refractivity contribution in [3.05, 3.63) is 32.2 Å². The lowest BCUT2D eigenvalue weighted by atomic mass is 10.1. The van der Waals surface area contributed by atoms with Gasteiger partial charge in [0, 0.05) is 14.5 Å². The molecule has 5 heteroatoms. The molecule has 0 aliphatic rings. The summed E-state index contributed by atoms with van der Waals surface area (Å²) in [6.45, 7) is 0. The molecular weight excluding hydrogens is 316 g/mol. The summed E-state index contributed by atoms with van der Waals surface area (Å²) in [7, 11) is 1.29. The molecule has 0 aromatic heterocycles. The maximum atomic E-state index is 11.3. The monoisotopic (exact) mass is 320 g/mol. The molecule has 0 N–H and O–H groups in total. The molecule has 0 bridgehead atoms. The van der Waals surface area contributed by atoms with E-state index in [-0.39, 0.29) is 0 Å². The van der Waals surface area contributed by atoms with Gasteiger partial charge in [0.2, 0.25) is 0 Å². The maximum Gasteiger partial charge on any atom is 0.340 e. The van der Waals surface area contributed by atoms with Gasteiger partial charge in [-0.15, -0.1) is 0 Å². The van der Waals surface area contributed by atoms with Crippen molar-refractivity contribution in [2.75, 3.05) is 7.11 Å². The summed E-state index contributed by atoms with van der Waals surface area (Å²) in [4.78, 5) is 21.9. The lowest BCUT2D eigenvalue weighted by Gasteiger charge is -2.06. The Morgan fingerprint density at radius 2 is 2.07 bits per heavy atom. The van der Waals surface area contributed by atoms with Crippen molar-refractivity contribution in [3.63, 3.8) is 0 Å². The largest absolute Gasteiger partial charge is 0.465 e. The van der Waals surface area contributed by atoms with Crippen LogP contribution in [0.5, 0.6) is 0 Å². The Morgan fingerprint density at radius 3 is 2.57 bits per heavy atom. The number of aldehydes is 1. The summed E-state index contributed by atoms with van der Waals surface area (Å²) < 4.78 is 5.61. The number of rotatable bonds is 2. The van der Waals surface area contributed by atoms with Crippen LogP contribution in [0.25, 0.3) is 0 Å². The highest BCUT2D eigenvalue weighted by molar-refractivity contribution is 9.11. The van der Waals surface area contributed by atoms with Gasteiger partial charge in [0.25, 0.3) is 0 Å². The lowest BCUT2D eigenvalue weighted by Crippen LogP contribution is -2.05. The van der Waals surface area contributed by atoms with Crippen LogP contribution in [-0.4, -0.2) is 19.4 Å². The fourth-order valence-electron chi connectivity index (χ4n) is 0.949. The van der Waals surface area contributed by atoms with E-state index >= 15 is 0 Å². The smallest absolute Gasteiger partial charge is 0.340 e. The van der Waals surface area contributed by atoms with Gasteiger partial charge in [0.05, 0.1) is 12.7 Å². The molecule has 14 heavy (non-hydrogen) atoms. The second-order valence-corrected chi connectivity index (χ2v) is 4.08. The van der Waals surface area contributed by atoms with E-state index in [1.165, 1.54) is 7.11 Å². The van der Waals surface area contributed by atoms with Crippen LogP contribution in [0.3, 0.4) is 0 Å². The molecule has 0 aliphatic carbocycles. The summed E-state index contributed by atoms with van der Waals surface area (Å²) in [5.41, 5.74) is 0.728. The first-order valence-corrected chi connectivity index (χ1v) is 5.22. The first kappa shape index (κ1) is 11.4. The van der Waals surface area contributed by atoms with Gasteiger partial charge in [-0.1, -0.05) is 0 Å². The molecule has 0 unspecified atom stereocenters. The van der Waals surface area contributed by atoms with E-state index in [4.69, 9.17) is 0 Å². The molecule has 0 fully saturated rings. The minimum Gasteiger partial charge on any atom is -0.465 e. The van der Waals surface area contributed by atoms with Crippen molar-refractivity contribution >= 4 is 44.1 Å². The number of carbonyl (C=O) groups is 2. The highest BCUT2D eigenvalue weighted by Gasteiger charge is 2.16. The van der Waals surface area contributed by atoms with Gasteiger partial charge in [-0.3, -0.25) is 4.79 Å². The standard InChI is InChI=1S/C9H6Br2O3/c1-14-9(13)7-6(10)3-2-5(4-12)8(7)11/h2-4H,1H3. The molecule has 0 radical (unpaired) electrons. The SMILES string of the molecule is COC(=O)c1c(Br)ccc(C=O)c1Br. The van der Waals surface area contributed by atoms with Crippen molar-refractivity contribution in [2.45, 2.75) is 0 Å².